The molecule has 20 heavy (non-hydrogen) atoms. The number of aromatic nitrogens is 3. The van der Waals surface area contributed by atoms with Gasteiger partial charge in [-0.15, -0.1) is 0 Å². The van der Waals surface area contributed by atoms with Crippen molar-refractivity contribution in [3.63, 3.8) is 0 Å². The number of rotatable bonds is 5. The standard InChI is InChI=1S/C14H19N5O/c1-4-20-14-17-12(15)16-13(18-14)19(3)9-11-8-6-5-7-10(11)2/h5-8H,4,9H2,1-3H3,(H2,15,16,17,18). The summed E-state index contributed by atoms with van der Waals surface area (Å²) in [5, 5.41) is 0. The summed E-state index contributed by atoms with van der Waals surface area (Å²) in [6.45, 7) is 5.14. The van der Waals surface area contributed by atoms with Gasteiger partial charge in [-0.2, -0.15) is 15.0 Å². The Morgan fingerprint density at radius 3 is 2.65 bits per heavy atom. The third-order valence-corrected chi connectivity index (χ3v) is 2.90. The van der Waals surface area contributed by atoms with Crippen molar-refractivity contribution in [1.29, 1.82) is 0 Å². The van der Waals surface area contributed by atoms with Crippen LogP contribution in [0.4, 0.5) is 11.9 Å². The van der Waals surface area contributed by atoms with Gasteiger partial charge in [-0.05, 0) is 25.0 Å². The summed E-state index contributed by atoms with van der Waals surface area (Å²) in [5.74, 6) is 0.666. The maximum Gasteiger partial charge on any atom is 0.323 e. The summed E-state index contributed by atoms with van der Waals surface area (Å²) in [6, 6.07) is 8.46. The molecule has 0 saturated heterocycles. The van der Waals surface area contributed by atoms with Gasteiger partial charge in [0.25, 0.3) is 0 Å². The zero-order valence-electron chi connectivity index (χ0n) is 12.0. The average Bonchev–Trinajstić information content (AvgIpc) is 2.41. The first-order valence-electron chi connectivity index (χ1n) is 6.50. The molecule has 2 rings (SSSR count). The molecule has 1 aromatic heterocycles. The van der Waals surface area contributed by atoms with Crippen LogP contribution >= 0.6 is 0 Å². The van der Waals surface area contributed by atoms with E-state index in [4.69, 9.17) is 10.5 Å². The van der Waals surface area contributed by atoms with Gasteiger partial charge in [-0.3, -0.25) is 0 Å². The smallest absolute Gasteiger partial charge is 0.323 e. The predicted octanol–water partition coefficient (Wildman–Crippen LogP) is 1.80. The molecule has 0 unspecified atom stereocenters. The van der Waals surface area contributed by atoms with Gasteiger partial charge in [0.15, 0.2) is 0 Å². The molecule has 0 bridgehead atoms. The van der Waals surface area contributed by atoms with E-state index >= 15 is 0 Å². The molecule has 0 aliphatic heterocycles. The lowest BCUT2D eigenvalue weighted by molar-refractivity contribution is 0.312. The second kappa shape index (κ2) is 6.18. The molecule has 0 radical (unpaired) electrons. The van der Waals surface area contributed by atoms with E-state index < -0.39 is 0 Å². The quantitative estimate of drug-likeness (QED) is 0.895. The molecule has 2 aromatic rings. The van der Waals surface area contributed by atoms with E-state index in [1.54, 1.807) is 0 Å². The van der Waals surface area contributed by atoms with Crippen LogP contribution in [0.2, 0.25) is 0 Å². The molecule has 0 atom stereocenters. The summed E-state index contributed by atoms with van der Waals surface area (Å²) < 4.78 is 5.28. The van der Waals surface area contributed by atoms with Crippen molar-refractivity contribution >= 4 is 11.9 Å². The second-order valence-corrected chi connectivity index (χ2v) is 4.49. The molecule has 1 heterocycles. The first-order chi connectivity index (χ1) is 9.60. The van der Waals surface area contributed by atoms with Crippen molar-refractivity contribution in [2.75, 3.05) is 24.3 Å². The summed E-state index contributed by atoms with van der Waals surface area (Å²) >= 11 is 0. The van der Waals surface area contributed by atoms with Crippen LogP contribution in [-0.2, 0) is 6.54 Å². The SMILES string of the molecule is CCOc1nc(N)nc(N(C)Cc2ccccc2C)n1. The molecule has 1 aromatic carbocycles. The number of nitrogens with two attached hydrogens (primary N) is 1. The molecule has 0 amide bonds. The number of benzene rings is 1. The summed E-state index contributed by atoms with van der Waals surface area (Å²) in [7, 11) is 1.91. The number of nitrogen functional groups attached to an aromatic ring is 1. The van der Waals surface area contributed by atoms with Crippen LogP contribution in [0, 0.1) is 6.92 Å². The fourth-order valence-electron chi connectivity index (χ4n) is 1.84. The van der Waals surface area contributed by atoms with Crippen molar-refractivity contribution in [3.8, 4) is 6.01 Å². The first kappa shape index (κ1) is 14.0. The number of aryl methyl sites for hydroxylation is 1. The highest BCUT2D eigenvalue weighted by atomic mass is 16.5. The number of nitrogens with zero attached hydrogens (tertiary/aromatic N) is 4. The third kappa shape index (κ3) is 3.34. The van der Waals surface area contributed by atoms with E-state index in [1.807, 2.05) is 31.0 Å². The topological polar surface area (TPSA) is 77.2 Å². The number of hydrogen-bond acceptors (Lipinski definition) is 6. The maximum atomic E-state index is 5.68. The third-order valence-electron chi connectivity index (χ3n) is 2.90. The molecular weight excluding hydrogens is 254 g/mol. The second-order valence-electron chi connectivity index (χ2n) is 4.49. The Morgan fingerprint density at radius 1 is 1.20 bits per heavy atom. The van der Waals surface area contributed by atoms with E-state index in [-0.39, 0.29) is 12.0 Å². The molecule has 6 nitrogen and oxygen atoms in total. The highest BCUT2D eigenvalue weighted by Crippen LogP contribution is 2.16. The van der Waals surface area contributed by atoms with E-state index in [1.165, 1.54) is 11.1 Å². The van der Waals surface area contributed by atoms with Crippen molar-refractivity contribution in [2.24, 2.45) is 0 Å². The Hall–Kier alpha value is -2.37. The Kier molecular flexibility index (Phi) is 4.34. The van der Waals surface area contributed by atoms with Gasteiger partial charge in [0.1, 0.15) is 0 Å². The zero-order valence-corrected chi connectivity index (χ0v) is 12.0. The zero-order chi connectivity index (χ0) is 14.5. The molecule has 0 spiro atoms. The molecule has 106 valence electrons. The molecule has 0 fully saturated rings. The minimum absolute atomic E-state index is 0.162. The number of ether oxygens (including phenoxy) is 1. The highest BCUT2D eigenvalue weighted by Gasteiger charge is 2.11. The van der Waals surface area contributed by atoms with Crippen molar-refractivity contribution < 1.29 is 4.74 Å². The minimum Gasteiger partial charge on any atom is -0.464 e. The Balaban J connectivity index is 2.20. The number of anilines is 2. The molecule has 0 aliphatic carbocycles. The van der Waals surface area contributed by atoms with E-state index in [0.717, 1.165) is 0 Å². The van der Waals surface area contributed by atoms with Gasteiger partial charge in [0.2, 0.25) is 11.9 Å². The van der Waals surface area contributed by atoms with Gasteiger partial charge >= 0.3 is 6.01 Å². The van der Waals surface area contributed by atoms with Crippen LogP contribution in [-0.4, -0.2) is 28.6 Å². The monoisotopic (exact) mass is 273 g/mol. The van der Waals surface area contributed by atoms with E-state index in [9.17, 15) is 0 Å². The minimum atomic E-state index is 0.162. The van der Waals surface area contributed by atoms with Crippen LogP contribution in [0.15, 0.2) is 24.3 Å². The van der Waals surface area contributed by atoms with Crippen LogP contribution < -0.4 is 15.4 Å². The molecule has 0 aliphatic rings. The highest BCUT2D eigenvalue weighted by molar-refractivity contribution is 5.37. The van der Waals surface area contributed by atoms with Gasteiger partial charge in [0.05, 0.1) is 6.61 Å². The normalized spacial score (nSPS) is 10.3. The van der Waals surface area contributed by atoms with E-state index in [2.05, 4.69) is 34.0 Å². The molecule has 0 saturated carbocycles. The fraction of sp³-hybridized carbons (Fsp3) is 0.357. The fourth-order valence-corrected chi connectivity index (χ4v) is 1.84. The number of hydrogen-bond donors (Lipinski definition) is 1. The van der Waals surface area contributed by atoms with E-state index in [0.29, 0.717) is 19.1 Å². The van der Waals surface area contributed by atoms with Crippen LogP contribution in [0.25, 0.3) is 0 Å². The largest absolute Gasteiger partial charge is 0.464 e. The van der Waals surface area contributed by atoms with Crippen molar-refractivity contribution in [1.82, 2.24) is 15.0 Å². The van der Waals surface area contributed by atoms with Gasteiger partial charge in [-0.25, -0.2) is 0 Å². The average molecular weight is 273 g/mol. The Morgan fingerprint density at radius 2 is 1.95 bits per heavy atom. The molecule has 2 N–H and O–H groups in total. The van der Waals surface area contributed by atoms with Gasteiger partial charge < -0.3 is 15.4 Å². The predicted molar refractivity (Wildman–Crippen MR) is 78.7 cm³/mol. The van der Waals surface area contributed by atoms with Crippen LogP contribution in [0.5, 0.6) is 6.01 Å². The maximum absolute atomic E-state index is 5.68. The first-order valence-corrected chi connectivity index (χ1v) is 6.50. The van der Waals surface area contributed by atoms with Crippen molar-refractivity contribution in [3.05, 3.63) is 35.4 Å². The van der Waals surface area contributed by atoms with Gasteiger partial charge in [-0.1, -0.05) is 24.3 Å². The molecule has 6 heteroatoms. The van der Waals surface area contributed by atoms with Gasteiger partial charge in [0, 0.05) is 13.6 Å². The lowest BCUT2D eigenvalue weighted by atomic mass is 10.1. The lowest BCUT2D eigenvalue weighted by Crippen LogP contribution is -2.21. The summed E-state index contributed by atoms with van der Waals surface area (Å²) in [4.78, 5) is 14.3. The Labute approximate surface area is 118 Å². The molecular formula is C14H19N5O. The lowest BCUT2D eigenvalue weighted by Gasteiger charge is -2.18. The van der Waals surface area contributed by atoms with Crippen molar-refractivity contribution in [2.45, 2.75) is 20.4 Å². The summed E-state index contributed by atoms with van der Waals surface area (Å²) in [6.07, 6.45) is 0. The summed E-state index contributed by atoms with van der Waals surface area (Å²) in [5.41, 5.74) is 8.12. The van der Waals surface area contributed by atoms with Crippen LogP contribution in [0.1, 0.15) is 18.1 Å². The Bertz CT molecular complexity index is 588. The van der Waals surface area contributed by atoms with Crippen LogP contribution in [0.3, 0.4) is 0 Å².